The first-order valence-electron chi connectivity index (χ1n) is 24.1. The third kappa shape index (κ3) is 26.5. The van der Waals surface area contributed by atoms with Crippen molar-refractivity contribution in [1.29, 1.82) is 0 Å². The molecule has 2 rings (SSSR count). The molecule has 0 aromatic rings. The molecule has 0 radical (unpaired) electrons. The lowest BCUT2D eigenvalue weighted by Crippen LogP contribution is -2.35. The number of carbonyl (C=O) groups excluding carboxylic acids is 3. The van der Waals surface area contributed by atoms with Gasteiger partial charge in [0.15, 0.2) is 5.79 Å². The number of hydroxylamine groups is 2. The van der Waals surface area contributed by atoms with Crippen LogP contribution in [-0.2, 0) is 28.7 Å². The van der Waals surface area contributed by atoms with Gasteiger partial charge < -0.3 is 19.2 Å². The minimum Gasteiger partial charge on any atom is -0.347 e. The van der Waals surface area contributed by atoms with Gasteiger partial charge in [0.1, 0.15) is 0 Å². The van der Waals surface area contributed by atoms with Crippen LogP contribution in [0.5, 0.6) is 0 Å². The van der Waals surface area contributed by atoms with Gasteiger partial charge in [-0.3, -0.25) is 9.59 Å². The van der Waals surface area contributed by atoms with E-state index in [2.05, 4.69) is 74.4 Å². The molecule has 58 heavy (non-hydrogen) atoms. The summed E-state index contributed by atoms with van der Waals surface area (Å²) in [4.78, 5) is 42.8. The third-order valence-electron chi connectivity index (χ3n) is 11.3. The molecule has 2 heterocycles. The maximum atomic E-state index is 12.1. The van der Waals surface area contributed by atoms with E-state index < -0.39 is 23.6 Å². The molecule has 2 saturated heterocycles. The molecule has 0 saturated carbocycles. The molecule has 2 atom stereocenters. The van der Waals surface area contributed by atoms with Gasteiger partial charge >= 0.3 is 5.97 Å². The maximum Gasteiger partial charge on any atom is 0.333 e. The van der Waals surface area contributed by atoms with Crippen molar-refractivity contribution in [3.8, 4) is 0 Å². The topological polar surface area (TPSA) is 85.4 Å². The van der Waals surface area contributed by atoms with Gasteiger partial charge in [0.05, 0.1) is 12.7 Å². The summed E-state index contributed by atoms with van der Waals surface area (Å²) < 4.78 is 13.3. The number of hydrogen-bond donors (Lipinski definition) is 0. The third-order valence-corrected chi connectivity index (χ3v) is 11.3. The minimum atomic E-state index is -0.520. The lowest BCUT2D eigenvalue weighted by atomic mass is 9.98. The fourth-order valence-corrected chi connectivity index (χ4v) is 7.75. The van der Waals surface area contributed by atoms with Crippen molar-refractivity contribution in [2.75, 3.05) is 26.7 Å². The van der Waals surface area contributed by atoms with E-state index in [4.69, 9.17) is 14.3 Å². The van der Waals surface area contributed by atoms with Crippen molar-refractivity contribution >= 4 is 17.8 Å². The second-order valence-corrected chi connectivity index (χ2v) is 16.9. The van der Waals surface area contributed by atoms with Crippen LogP contribution in [0.4, 0.5) is 0 Å². The Balaban J connectivity index is 1.66. The average molecular weight is 811 g/mol. The number of unbranched alkanes of at least 4 members (excludes halogenated alkanes) is 19. The molecule has 2 aliphatic heterocycles. The Morgan fingerprint density at radius 3 is 1.59 bits per heavy atom. The lowest BCUT2D eigenvalue weighted by Gasteiger charge is -2.29. The van der Waals surface area contributed by atoms with Crippen LogP contribution in [0.15, 0.2) is 48.6 Å². The summed E-state index contributed by atoms with van der Waals surface area (Å²) in [6.45, 7) is 6.89. The highest BCUT2D eigenvalue weighted by atomic mass is 16.7. The highest BCUT2D eigenvalue weighted by molar-refractivity contribution is 6.01. The summed E-state index contributed by atoms with van der Waals surface area (Å²) in [5.41, 5.74) is 0. The van der Waals surface area contributed by atoms with Gasteiger partial charge in [-0.15, -0.1) is 5.06 Å². The lowest BCUT2D eigenvalue weighted by molar-refractivity contribution is -0.197. The van der Waals surface area contributed by atoms with E-state index in [0.29, 0.717) is 18.1 Å². The molecule has 0 N–H and O–H groups in total. The van der Waals surface area contributed by atoms with E-state index in [1.165, 1.54) is 122 Å². The number of rotatable bonds is 38. The van der Waals surface area contributed by atoms with Gasteiger partial charge in [-0.2, -0.15) is 0 Å². The van der Waals surface area contributed by atoms with Crippen LogP contribution in [0.2, 0.25) is 0 Å². The van der Waals surface area contributed by atoms with Crippen molar-refractivity contribution in [1.82, 2.24) is 9.96 Å². The zero-order valence-corrected chi connectivity index (χ0v) is 37.6. The number of imide groups is 1. The number of hydrogen-bond acceptors (Lipinski definition) is 7. The Bertz CT molecular complexity index is 1160. The summed E-state index contributed by atoms with van der Waals surface area (Å²) >= 11 is 0. The summed E-state index contributed by atoms with van der Waals surface area (Å²) in [5, 5.41) is 0.632. The van der Waals surface area contributed by atoms with Crippen LogP contribution < -0.4 is 0 Å². The van der Waals surface area contributed by atoms with E-state index in [-0.39, 0.29) is 25.4 Å². The molecule has 0 spiro atoms. The molecular formula is C50H86N2O6. The smallest absolute Gasteiger partial charge is 0.333 e. The van der Waals surface area contributed by atoms with Gasteiger partial charge in [-0.05, 0) is 103 Å². The fraction of sp³-hybridized carbons (Fsp3) is 0.780. The monoisotopic (exact) mass is 811 g/mol. The van der Waals surface area contributed by atoms with E-state index in [0.717, 1.165) is 64.5 Å². The first-order valence-corrected chi connectivity index (χ1v) is 24.1. The Labute approximate surface area is 355 Å². The quantitative estimate of drug-likeness (QED) is 0.0349. The number of ether oxygens (including phenoxy) is 2. The van der Waals surface area contributed by atoms with Gasteiger partial charge in [0.2, 0.25) is 0 Å². The molecule has 2 aliphatic rings. The van der Waals surface area contributed by atoms with Crippen molar-refractivity contribution in [3.05, 3.63) is 48.6 Å². The molecule has 0 aromatic carbocycles. The Kier molecular flexibility index (Phi) is 31.3. The highest BCUT2D eigenvalue weighted by Gasteiger charge is 2.40. The fourth-order valence-electron chi connectivity index (χ4n) is 7.75. The highest BCUT2D eigenvalue weighted by Crippen LogP contribution is 2.35. The average Bonchev–Trinajstić information content (AvgIpc) is 3.76. The van der Waals surface area contributed by atoms with Crippen molar-refractivity contribution < 1.29 is 28.7 Å². The van der Waals surface area contributed by atoms with Crippen molar-refractivity contribution in [2.45, 2.75) is 225 Å². The summed E-state index contributed by atoms with van der Waals surface area (Å²) in [6, 6.07) is 0. The Morgan fingerprint density at radius 2 is 1.09 bits per heavy atom. The first kappa shape index (κ1) is 51.6. The van der Waals surface area contributed by atoms with Crippen molar-refractivity contribution in [2.24, 2.45) is 0 Å². The Morgan fingerprint density at radius 1 is 0.638 bits per heavy atom. The zero-order chi connectivity index (χ0) is 41.8. The van der Waals surface area contributed by atoms with Gasteiger partial charge in [0.25, 0.3) is 11.8 Å². The van der Waals surface area contributed by atoms with Gasteiger partial charge in [0, 0.05) is 38.6 Å². The van der Waals surface area contributed by atoms with E-state index in [1.54, 1.807) is 0 Å². The molecule has 0 bridgehead atoms. The normalized spacial score (nSPS) is 18.9. The van der Waals surface area contributed by atoms with Gasteiger partial charge in [-0.25, -0.2) is 4.79 Å². The predicted octanol–water partition coefficient (Wildman–Crippen LogP) is 13.2. The van der Waals surface area contributed by atoms with Crippen LogP contribution in [-0.4, -0.2) is 66.4 Å². The van der Waals surface area contributed by atoms with Crippen LogP contribution >= 0.6 is 0 Å². The first-order chi connectivity index (χ1) is 28.4. The second kappa shape index (κ2) is 35.2. The zero-order valence-electron chi connectivity index (χ0n) is 37.6. The second-order valence-electron chi connectivity index (χ2n) is 16.9. The number of carbonyl (C=O) groups is 3. The summed E-state index contributed by atoms with van der Waals surface area (Å²) in [7, 11) is 2.13. The largest absolute Gasteiger partial charge is 0.347 e. The molecular weight excluding hydrogens is 725 g/mol. The van der Waals surface area contributed by atoms with Crippen LogP contribution in [0.25, 0.3) is 0 Å². The van der Waals surface area contributed by atoms with E-state index >= 15 is 0 Å². The molecule has 0 aromatic heterocycles. The van der Waals surface area contributed by atoms with Crippen LogP contribution in [0.1, 0.15) is 213 Å². The minimum absolute atomic E-state index is 0.0677. The van der Waals surface area contributed by atoms with Gasteiger partial charge in [-0.1, -0.05) is 140 Å². The maximum absolute atomic E-state index is 12.1. The van der Waals surface area contributed by atoms with E-state index in [1.807, 2.05) is 0 Å². The molecule has 8 nitrogen and oxygen atoms in total. The van der Waals surface area contributed by atoms with E-state index in [9.17, 15) is 14.4 Å². The summed E-state index contributed by atoms with van der Waals surface area (Å²) in [5.74, 6) is -1.84. The predicted molar refractivity (Wildman–Crippen MR) is 240 cm³/mol. The molecule has 332 valence electrons. The van der Waals surface area contributed by atoms with Crippen LogP contribution in [0, 0.1) is 0 Å². The molecule has 8 heteroatoms. The van der Waals surface area contributed by atoms with Crippen LogP contribution in [0.3, 0.4) is 0 Å². The number of likely N-dealkylation sites (N-methyl/N-ethyl adjacent to an activating group) is 1. The molecule has 1 unspecified atom stereocenters. The number of nitrogens with zero attached hydrogens (tertiary/aromatic N) is 2. The SMILES string of the molecule is CCCCC/C=C\C/C=C\CCCCCCCCC1(CCCCCCC/C=C/C/C=C\CCCCC)OC[C@H](CN(C)CCCCCC(=O)ON2C(=O)CCC2=O)O1. The standard InChI is InChI=1S/C50H86N2O6/c1-4-6-8-10-12-14-16-18-20-22-24-26-28-30-32-36-42-50(41-35-31-29-27-25-23-21-19-17-15-13-11-9-7-5-2)56-45-46(57-50)44-51(3)43-37-33-34-38-49(55)58-52-47(53)39-40-48(52)54/h12-15,18-21,46H,4-11,16-17,22-45H2,1-3H3/b14-12-,15-13-,20-18-,21-19+/t46-,50?/m0/s1. The number of allylic oxidation sites excluding steroid dienone is 8. The van der Waals surface area contributed by atoms with Crippen molar-refractivity contribution in [3.63, 3.8) is 0 Å². The summed E-state index contributed by atoms with van der Waals surface area (Å²) in [6.07, 6.45) is 52.1. The number of amides is 2. The molecule has 0 aliphatic carbocycles. The molecule has 2 fully saturated rings. The Hall–Kier alpha value is -2.55. The molecule has 2 amide bonds.